The first kappa shape index (κ1) is 12.8. The predicted molar refractivity (Wildman–Crippen MR) is 74.4 cm³/mol. The fraction of sp³-hybridized carbons (Fsp3) is 0.0833. The van der Waals surface area contributed by atoms with E-state index in [9.17, 15) is 0 Å². The van der Waals surface area contributed by atoms with Crippen LogP contribution in [0.15, 0.2) is 39.8 Å². The van der Waals surface area contributed by atoms with Gasteiger partial charge in [0, 0.05) is 11.3 Å². The maximum absolute atomic E-state index is 8.66. The van der Waals surface area contributed by atoms with Crippen molar-refractivity contribution in [2.45, 2.75) is 16.6 Å². The van der Waals surface area contributed by atoms with Crippen molar-refractivity contribution < 1.29 is 0 Å². The lowest BCUT2D eigenvalue weighted by Gasteiger charge is -1.93. The smallest absolute Gasteiger partial charge is 0.214 e. The number of thiophene rings is 1. The molecule has 3 aromatic rings. The number of H-pyrrole nitrogens is 1. The van der Waals surface area contributed by atoms with Gasteiger partial charge in [0.15, 0.2) is 5.69 Å². The Kier molecular flexibility index (Phi) is 3.71. The van der Waals surface area contributed by atoms with Crippen LogP contribution in [-0.4, -0.2) is 25.4 Å². The molecule has 0 aromatic carbocycles. The fourth-order valence-corrected chi connectivity index (χ4v) is 2.87. The SMILES string of the molecule is N#Cc1ccc(Sc2n[nH]c(Cc3cccs3)n2)nn1. The third-order valence-corrected chi connectivity index (χ3v) is 4.05. The van der Waals surface area contributed by atoms with E-state index in [2.05, 4.69) is 31.4 Å². The van der Waals surface area contributed by atoms with Gasteiger partial charge >= 0.3 is 0 Å². The molecule has 98 valence electrons. The number of nitrogens with zero attached hydrogens (tertiary/aromatic N) is 5. The van der Waals surface area contributed by atoms with Crippen LogP contribution in [0.25, 0.3) is 0 Å². The highest BCUT2D eigenvalue weighted by Crippen LogP contribution is 2.22. The predicted octanol–water partition coefficient (Wildman–Crippen LogP) is 2.27. The number of rotatable bonds is 4. The van der Waals surface area contributed by atoms with E-state index in [0.29, 0.717) is 15.9 Å². The Bertz CT molecular complexity index is 726. The van der Waals surface area contributed by atoms with Crippen molar-refractivity contribution in [2.75, 3.05) is 0 Å². The first-order valence-corrected chi connectivity index (χ1v) is 7.38. The van der Waals surface area contributed by atoms with E-state index >= 15 is 0 Å². The van der Waals surface area contributed by atoms with Crippen molar-refractivity contribution in [1.29, 1.82) is 5.26 Å². The highest BCUT2D eigenvalue weighted by atomic mass is 32.2. The number of aromatic nitrogens is 5. The molecule has 0 spiro atoms. The molecule has 0 atom stereocenters. The summed E-state index contributed by atoms with van der Waals surface area (Å²) in [7, 11) is 0. The molecule has 0 aliphatic rings. The van der Waals surface area contributed by atoms with Crippen LogP contribution in [0.1, 0.15) is 16.4 Å². The summed E-state index contributed by atoms with van der Waals surface area (Å²) in [5, 5.41) is 26.7. The Morgan fingerprint density at radius 2 is 2.25 bits per heavy atom. The third kappa shape index (κ3) is 3.01. The van der Waals surface area contributed by atoms with E-state index < -0.39 is 0 Å². The third-order valence-electron chi connectivity index (χ3n) is 2.38. The van der Waals surface area contributed by atoms with Gasteiger partial charge in [0.25, 0.3) is 0 Å². The Hall–Kier alpha value is -2.24. The van der Waals surface area contributed by atoms with Gasteiger partial charge in [-0.25, -0.2) is 4.98 Å². The van der Waals surface area contributed by atoms with Crippen LogP contribution in [-0.2, 0) is 6.42 Å². The monoisotopic (exact) mass is 300 g/mol. The summed E-state index contributed by atoms with van der Waals surface area (Å²) in [5.74, 6) is 0.816. The normalized spacial score (nSPS) is 10.3. The average molecular weight is 300 g/mol. The van der Waals surface area contributed by atoms with Gasteiger partial charge in [-0.05, 0) is 35.3 Å². The molecule has 0 bridgehead atoms. The summed E-state index contributed by atoms with van der Waals surface area (Å²) in [6.45, 7) is 0. The maximum Gasteiger partial charge on any atom is 0.214 e. The number of nitriles is 1. The zero-order chi connectivity index (χ0) is 13.8. The van der Waals surface area contributed by atoms with Crippen molar-refractivity contribution in [2.24, 2.45) is 0 Å². The molecule has 3 aromatic heterocycles. The van der Waals surface area contributed by atoms with Gasteiger partial charge in [-0.15, -0.1) is 26.6 Å². The summed E-state index contributed by atoms with van der Waals surface area (Å²) in [6.07, 6.45) is 0.740. The number of hydrogen-bond acceptors (Lipinski definition) is 7. The zero-order valence-corrected chi connectivity index (χ0v) is 11.8. The molecule has 3 heterocycles. The fourth-order valence-electron chi connectivity index (χ4n) is 1.51. The summed E-state index contributed by atoms with van der Waals surface area (Å²) >= 11 is 2.99. The molecule has 0 saturated heterocycles. The second-order valence-corrected chi connectivity index (χ2v) is 5.81. The van der Waals surface area contributed by atoms with E-state index in [1.165, 1.54) is 16.6 Å². The van der Waals surface area contributed by atoms with Crippen molar-refractivity contribution in [1.82, 2.24) is 25.4 Å². The summed E-state index contributed by atoms with van der Waals surface area (Å²) in [4.78, 5) is 5.63. The van der Waals surface area contributed by atoms with E-state index in [4.69, 9.17) is 5.26 Å². The lowest BCUT2D eigenvalue weighted by molar-refractivity contribution is 0.904. The Morgan fingerprint density at radius 3 is 2.95 bits per heavy atom. The van der Waals surface area contributed by atoms with Crippen LogP contribution in [0, 0.1) is 11.3 Å². The summed E-state index contributed by atoms with van der Waals surface area (Å²) in [5.41, 5.74) is 0.294. The summed E-state index contributed by atoms with van der Waals surface area (Å²) < 4.78 is 0. The van der Waals surface area contributed by atoms with Gasteiger partial charge in [0.05, 0.1) is 0 Å². The molecule has 0 aliphatic heterocycles. The van der Waals surface area contributed by atoms with Gasteiger partial charge in [0.2, 0.25) is 5.16 Å². The van der Waals surface area contributed by atoms with Gasteiger partial charge in [0.1, 0.15) is 16.9 Å². The zero-order valence-electron chi connectivity index (χ0n) is 10.1. The van der Waals surface area contributed by atoms with Crippen LogP contribution < -0.4 is 0 Å². The van der Waals surface area contributed by atoms with Crippen LogP contribution in [0.5, 0.6) is 0 Å². The van der Waals surface area contributed by atoms with Crippen LogP contribution >= 0.6 is 23.1 Å². The van der Waals surface area contributed by atoms with E-state index in [1.807, 2.05) is 17.5 Å². The Balaban J connectivity index is 1.69. The molecule has 0 fully saturated rings. The van der Waals surface area contributed by atoms with Crippen molar-refractivity contribution in [3.63, 3.8) is 0 Å². The minimum Gasteiger partial charge on any atom is -0.262 e. The largest absolute Gasteiger partial charge is 0.262 e. The molecule has 0 aliphatic carbocycles. The number of aromatic amines is 1. The first-order chi connectivity index (χ1) is 9.83. The molecule has 3 rings (SSSR count). The lowest BCUT2D eigenvalue weighted by Crippen LogP contribution is -1.89. The van der Waals surface area contributed by atoms with Gasteiger partial charge in [-0.1, -0.05) is 6.07 Å². The van der Waals surface area contributed by atoms with Crippen molar-refractivity contribution in [3.05, 3.63) is 46.0 Å². The second-order valence-electron chi connectivity index (χ2n) is 3.79. The van der Waals surface area contributed by atoms with E-state index in [0.717, 1.165) is 12.2 Å². The molecular formula is C12H8N6S2. The highest BCUT2D eigenvalue weighted by Gasteiger charge is 2.08. The van der Waals surface area contributed by atoms with Gasteiger partial charge < -0.3 is 0 Å². The topological polar surface area (TPSA) is 91.1 Å². The highest BCUT2D eigenvalue weighted by molar-refractivity contribution is 7.99. The first-order valence-electron chi connectivity index (χ1n) is 5.69. The van der Waals surface area contributed by atoms with Gasteiger partial charge in [-0.3, -0.25) is 5.10 Å². The molecule has 0 unspecified atom stereocenters. The molecule has 0 radical (unpaired) electrons. The van der Waals surface area contributed by atoms with Crippen LogP contribution in [0.3, 0.4) is 0 Å². The molecule has 8 heteroatoms. The minimum atomic E-state index is 0.294. The quantitative estimate of drug-likeness (QED) is 0.794. The molecule has 6 nitrogen and oxygen atoms in total. The second kappa shape index (κ2) is 5.81. The molecular weight excluding hydrogens is 292 g/mol. The molecule has 0 saturated carbocycles. The Labute approximate surface area is 122 Å². The lowest BCUT2D eigenvalue weighted by atomic mass is 10.3. The van der Waals surface area contributed by atoms with Crippen molar-refractivity contribution in [3.8, 4) is 6.07 Å². The van der Waals surface area contributed by atoms with Crippen LogP contribution in [0.2, 0.25) is 0 Å². The van der Waals surface area contributed by atoms with E-state index in [-0.39, 0.29) is 0 Å². The molecule has 0 amide bonds. The standard InChI is InChI=1S/C12H8N6S2/c13-7-8-3-4-11(17-15-8)20-12-14-10(16-18-12)6-9-2-1-5-19-9/h1-5H,6H2,(H,14,16,18). The maximum atomic E-state index is 8.66. The molecule has 20 heavy (non-hydrogen) atoms. The van der Waals surface area contributed by atoms with Crippen molar-refractivity contribution >= 4 is 23.1 Å². The Morgan fingerprint density at radius 1 is 1.30 bits per heavy atom. The average Bonchev–Trinajstić information content (AvgIpc) is 3.12. The van der Waals surface area contributed by atoms with E-state index in [1.54, 1.807) is 23.5 Å². The summed E-state index contributed by atoms with van der Waals surface area (Å²) in [6, 6.07) is 9.35. The van der Waals surface area contributed by atoms with Gasteiger partial charge in [-0.2, -0.15) is 5.26 Å². The molecule has 1 N–H and O–H groups in total. The number of hydrogen-bond donors (Lipinski definition) is 1. The van der Waals surface area contributed by atoms with Crippen LogP contribution in [0.4, 0.5) is 0 Å². The number of nitrogens with one attached hydrogen (secondary N) is 1. The minimum absolute atomic E-state index is 0.294.